The van der Waals surface area contributed by atoms with Gasteiger partial charge in [-0.15, -0.1) is 0 Å². The first kappa shape index (κ1) is 12.8. The molecule has 1 aromatic heterocycles. The molecule has 1 atom stereocenters. The Bertz CT molecular complexity index is 364. The standard InChI is InChI=1S/C10H21N5O/c1-6(16)13-5-7-8(11)9(12)15(14-7)10(2,3)4/h6,13,16H,5,11-12H2,1-4H3. The average molecular weight is 227 g/mol. The summed E-state index contributed by atoms with van der Waals surface area (Å²) in [5.41, 5.74) is 12.7. The van der Waals surface area contributed by atoms with E-state index in [4.69, 9.17) is 16.6 Å². The smallest absolute Gasteiger partial charge is 0.146 e. The molecule has 1 aromatic rings. The van der Waals surface area contributed by atoms with E-state index in [-0.39, 0.29) is 5.54 Å². The van der Waals surface area contributed by atoms with Gasteiger partial charge in [-0.2, -0.15) is 5.10 Å². The van der Waals surface area contributed by atoms with Gasteiger partial charge in [-0.3, -0.25) is 5.32 Å². The maximum Gasteiger partial charge on any atom is 0.146 e. The summed E-state index contributed by atoms with van der Waals surface area (Å²) >= 11 is 0. The minimum Gasteiger partial charge on any atom is -0.394 e. The van der Waals surface area contributed by atoms with Crippen molar-refractivity contribution in [2.24, 2.45) is 0 Å². The molecule has 0 amide bonds. The van der Waals surface area contributed by atoms with Gasteiger partial charge in [0.05, 0.1) is 11.2 Å². The molecular weight excluding hydrogens is 206 g/mol. The molecule has 6 N–H and O–H groups in total. The Morgan fingerprint density at radius 2 is 2.00 bits per heavy atom. The minimum atomic E-state index is -0.597. The molecule has 0 bridgehead atoms. The lowest BCUT2D eigenvalue weighted by molar-refractivity contribution is 0.154. The molecule has 0 aliphatic heterocycles. The van der Waals surface area contributed by atoms with Crippen LogP contribution in [-0.2, 0) is 12.1 Å². The Morgan fingerprint density at radius 1 is 1.44 bits per heavy atom. The van der Waals surface area contributed by atoms with Crippen LogP contribution in [0.1, 0.15) is 33.4 Å². The Hall–Kier alpha value is -1.27. The maximum atomic E-state index is 9.12. The Morgan fingerprint density at radius 3 is 2.38 bits per heavy atom. The first-order chi connectivity index (χ1) is 7.23. The fraction of sp³-hybridized carbons (Fsp3) is 0.700. The van der Waals surface area contributed by atoms with Crippen molar-refractivity contribution in [2.75, 3.05) is 11.5 Å². The fourth-order valence-electron chi connectivity index (χ4n) is 1.38. The van der Waals surface area contributed by atoms with Gasteiger partial charge in [-0.05, 0) is 27.7 Å². The molecule has 1 unspecified atom stereocenters. The zero-order valence-electron chi connectivity index (χ0n) is 10.3. The molecule has 6 nitrogen and oxygen atoms in total. The van der Waals surface area contributed by atoms with Crippen molar-refractivity contribution >= 4 is 11.5 Å². The first-order valence-electron chi connectivity index (χ1n) is 5.28. The van der Waals surface area contributed by atoms with Crippen LogP contribution in [0.5, 0.6) is 0 Å². The molecule has 1 heterocycles. The van der Waals surface area contributed by atoms with Crippen LogP contribution >= 0.6 is 0 Å². The van der Waals surface area contributed by atoms with E-state index in [9.17, 15) is 0 Å². The van der Waals surface area contributed by atoms with Gasteiger partial charge in [0, 0.05) is 6.54 Å². The van der Waals surface area contributed by atoms with Crippen molar-refractivity contribution in [3.63, 3.8) is 0 Å². The minimum absolute atomic E-state index is 0.207. The van der Waals surface area contributed by atoms with E-state index < -0.39 is 6.23 Å². The molecule has 0 saturated carbocycles. The van der Waals surface area contributed by atoms with E-state index in [0.717, 1.165) is 0 Å². The fourth-order valence-corrected chi connectivity index (χ4v) is 1.38. The summed E-state index contributed by atoms with van der Waals surface area (Å²) in [5, 5.41) is 16.3. The van der Waals surface area contributed by atoms with Crippen molar-refractivity contribution in [1.29, 1.82) is 0 Å². The second-order valence-corrected chi connectivity index (χ2v) is 4.89. The van der Waals surface area contributed by atoms with Crippen LogP contribution in [0.4, 0.5) is 11.5 Å². The molecule has 0 saturated heterocycles. The summed E-state index contributed by atoms with van der Waals surface area (Å²) in [6, 6.07) is 0. The number of nitrogens with zero attached hydrogens (tertiary/aromatic N) is 2. The van der Waals surface area contributed by atoms with Gasteiger partial charge in [0.15, 0.2) is 0 Å². The monoisotopic (exact) mass is 227 g/mol. The highest BCUT2D eigenvalue weighted by Gasteiger charge is 2.21. The third-order valence-electron chi connectivity index (χ3n) is 2.24. The van der Waals surface area contributed by atoms with E-state index in [0.29, 0.717) is 23.7 Å². The second-order valence-electron chi connectivity index (χ2n) is 4.89. The first-order valence-corrected chi connectivity index (χ1v) is 5.28. The summed E-state index contributed by atoms with van der Waals surface area (Å²) in [5.74, 6) is 0.467. The number of nitrogens with one attached hydrogen (secondary N) is 1. The number of nitrogens with two attached hydrogens (primary N) is 2. The lowest BCUT2D eigenvalue weighted by atomic mass is 10.1. The number of anilines is 2. The topological polar surface area (TPSA) is 102 Å². The normalized spacial score (nSPS) is 14.1. The van der Waals surface area contributed by atoms with Crippen molar-refractivity contribution < 1.29 is 5.11 Å². The van der Waals surface area contributed by atoms with Crippen molar-refractivity contribution in [1.82, 2.24) is 15.1 Å². The van der Waals surface area contributed by atoms with Crippen molar-refractivity contribution in [3.05, 3.63) is 5.69 Å². The molecule has 1 rings (SSSR count). The van der Waals surface area contributed by atoms with E-state index in [2.05, 4.69) is 10.4 Å². The highest BCUT2D eigenvalue weighted by molar-refractivity contribution is 5.62. The van der Waals surface area contributed by atoms with Crippen molar-refractivity contribution in [2.45, 2.75) is 46.0 Å². The van der Waals surface area contributed by atoms with Crippen LogP contribution in [0.25, 0.3) is 0 Å². The number of hydrogen-bond acceptors (Lipinski definition) is 5. The van der Waals surface area contributed by atoms with Crippen LogP contribution in [0.3, 0.4) is 0 Å². The van der Waals surface area contributed by atoms with E-state index in [1.807, 2.05) is 20.8 Å². The second kappa shape index (κ2) is 4.31. The lowest BCUT2D eigenvalue weighted by Gasteiger charge is -2.20. The highest BCUT2D eigenvalue weighted by Crippen LogP contribution is 2.25. The predicted molar refractivity (Wildman–Crippen MR) is 64.6 cm³/mol. The Labute approximate surface area is 95.6 Å². The highest BCUT2D eigenvalue weighted by atomic mass is 16.3. The largest absolute Gasteiger partial charge is 0.394 e. The predicted octanol–water partition coefficient (Wildman–Crippen LogP) is 0.230. The number of hydrogen-bond donors (Lipinski definition) is 4. The van der Waals surface area contributed by atoms with Crippen molar-refractivity contribution in [3.8, 4) is 0 Å². The number of aliphatic hydroxyl groups excluding tert-OH is 1. The number of nitrogen functional groups attached to an aromatic ring is 2. The molecule has 0 fully saturated rings. The van der Waals surface area contributed by atoms with E-state index in [1.165, 1.54) is 0 Å². The van der Waals surface area contributed by atoms with Crippen LogP contribution in [0.15, 0.2) is 0 Å². The quantitative estimate of drug-likeness (QED) is 0.554. The zero-order chi connectivity index (χ0) is 12.5. The number of aromatic nitrogens is 2. The molecule has 0 aliphatic carbocycles. The van der Waals surface area contributed by atoms with Gasteiger partial charge in [0.1, 0.15) is 17.7 Å². The molecular formula is C10H21N5O. The number of rotatable bonds is 3. The van der Waals surface area contributed by atoms with Gasteiger partial charge < -0.3 is 16.6 Å². The van der Waals surface area contributed by atoms with E-state index >= 15 is 0 Å². The van der Waals surface area contributed by atoms with E-state index in [1.54, 1.807) is 11.6 Å². The summed E-state index contributed by atoms with van der Waals surface area (Å²) in [7, 11) is 0. The molecule has 0 radical (unpaired) electrons. The van der Waals surface area contributed by atoms with Gasteiger partial charge in [0.2, 0.25) is 0 Å². The number of aliphatic hydroxyl groups is 1. The molecule has 16 heavy (non-hydrogen) atoms. The maximum absolute atomic E-state index is 9.12. The van der Waals surface area contributed by atoms with Crippen LogP contribution in [0.2, 0.25) is 0 Å². The van der Waals surface area contributed by atoms with Crippen LogP contribution in [0, 0.1) is 0 Å². The zero-order valence-corrected chi connectivity index (χ0v) is 10.3. The lowest BCUT2D eigenvalue weighted by Crippen LogP contribution is -2.26. The van der Waals surface area contributed by atoms with Gasteiger partial charge in [-0.25, -0.2) is 4.68 Å². The summed E-state index contributed by atoms with van der Waals surface area (Å²) in [6.45, 7) is 8.04. The van der Waals surface area contributed by atoms with Crippen LogP contribution < -0.4 is 16.8 Å². The Kier molecular flexibility index (Phi) is 3.44. The Balaban J connectivity index is 2.96. The molecule has 0 aliphatic rings. The third kappa shape index (κ3) is 2.65. The van der Waals surface area contributed by atoms with Crippen LogP contribution in [-0.4, -0.2) is 21.1 Å². The molecule has 0 aromatic carbocycles. The third-order valence-corrected chi connectivity index (χ3v) is 2.24. The molecule has 0 spiro atoms. The molecule has 92 valence electrons. The van der Waals surface area contributed by atoms with Gasteiger partial charge in [-0.1, -0.05) is 0 Å². The SMILES string of the molecule is CC(O)NCc1nn(C(C)(C)C)c(N)c1N. The summed E-state index contributed by atoms with van der Waals surface area (Å²) in [4.78, 5) is 0. The summed E-state index contributed by atoms with van der Waals surface area (Å²) in [6.07, 6.45) is -0.597. The molecule has 6 heteroatoms. The average Bonchev–Trinajstić information content (AvgIpc) is 2.40. The van der Waals surface area contributed by atoms with Gasteiger partial charge in [0.25, 0.3) is 0 Å². The van der Waals surface area contributed by atoms with Gasteiger partial charge >= 0.3 is 0 Å². The summed E-state index contributed by atoms with van der Waals surface area (Å²) < 4.78 is 1.70.